The van der Waals surface area contributed by atoms with E-state index in [4.69, 9.17) is 0 Å². The van der Waals surface area contributed by atoms with Crippen LogP contribution in [0.15, 0.2) is 23.8 Å². The maximum absolute atomic E-state index is 12.8. The van der Waals surface area contributed by atoms with Gasteiger partial charge in [0.1, 0.15) is 0 Å². The van der Waals surface area contributed by atoms with E-state index in [1.807, 2.05) is 27.1 Å². The van der Waals surface area contributed by atoms with Crippen LogP contribution in [0.2, 0.25) is 0 Å². The zero-order chi connectivity index (χ0) is 16.5. The van der Waals surface area contributed by atoms with E-state index in [2.05, 4.69) is 34.6 Å². The molecule has 2 aliphatic heterocycles. The van der Waals surface area contributed by atoms with Crippen LogP contribution in [-0.4, -0.2) is 51.2 Å². The van der Waals surface area contributed by atoms with Crippen LogP contribution in [0.5, 0.6) is 0 Å². The van der Waals surface area contributed by atoms with Gasteiger partial charge in [-0.1, -0.05) is 0 Å². The summed E-state index contributed by atoms with van der Waals surface area (Å²) in [5.74, 6) is 0.274. The van der Waals surface area contributed by atoms with Crippen LogP contribution in [0.25, 0.3) is 0 Å². The van der Waals surface area contributed by atoms with E-state index in [0.29, 0.717) is 12.6 Å². The Bertz CT molecular complexity index is 722. The van der Waals surface area contributed by atoms with E-state index >= 15 is 0 Å². The zero-order valence-corrected chi connectivity index (χ0v) is 15.0. The summed E-state index contributed by atoms with van der Waals surface area (Å²) in [5, 5.41) is 6.54. The summed E-state index contributed by atoms with van der Waals surface area (Å²) in [6, 6.07) is 2.59. The summed E-state index contributed by atoms with van der Waals surface area (Å²) in [4.78, 5) is 18.6. The van der Waals surface area contributed by atoms with Gasteiger partial charge in [0.15, 0.2) is 0 Å². The Morgan fingerprint density at radius 1 is 1.42 bits per heavy atom. The van der Waals surface area contributed by atoms with Crippen molar-refractivity contribution in [1.29, 1.82) is 0 Å². The number of rotatable bonds is 4. The molecular formula is C18H24N4OS. The molecule has 1 atom stereocenters. The smallest absolute Gasteiger partial charge is 0.237 e. The Hall–Kier alpha value is -1.66. The first-order chi connectivity index (χ1) is 11.7. The number of aryl methyl sites for hydroxylation is 1. The van der Waals surface area contributed by atoms with Crippen molar-refractivity contribution in [2.45, 2.75) is 45.3 Å². The zero-order valence-electron chi connectivity index (χ0n) is 14.1. The maximum Gasteiger partial charge on any atom is 0.237 e. The summed E-state index contributed by atoms with van der Waals surface area (Å²) >= 11 is 1.82. The SMILES string of the molecule is Cc1cnn(C[C@@H]2CCCN2CC(=O)N2CCc3sccc3C2)c1. The van der Waals surface area contributed by atoms with Gasteiger partial charge in [-0.3, -0.25) is 14.4 Å². The number of amides is 1. The number of carbonyl (C=O) groups is 1. The number of nitrogens with zero attached hydrogens (tertiary/aromatic N) is 4. The molecule has 128 valence electrons. The maximum atomic E-state index is 12.8. The fourth-order valence-corrected chi connectivity index (χ4v) is 4.72. The van der Waals surface area contributed by atoms with E-state index in [1.54, 1.807) is 0 Å². The van der Waals surface area contributed by atoms with E-state index in [0.717, 1.165) is 39.0 Å². The molecular weight excluding hydrogens is 320 g/mol. The van der Waals surface area contributed by atoms with Crippen molar-refractivity contribution >= 4 is 17.2 Å². The molecule has 1 amide bonds. The van der Waals surface area contributed by atoms with Crippen molar-refractivity contribution in [3.05, 3.63) is 39.8 Å². The molecule has 2 aliphatic rings. The summed E-state index contributed by atoms with van der Waals surface area (Å²) in [6.07, 6.45) is 7.32. The van der Waals surface area contributed by atoms with E-state index in [9.17, 15) is 4.79 Å². The van der Waals surface area contributed by atoms with E-state index in [1.165, 1.54) is 22.4 Å². The lowest BCUT2D eigenvalue weighted by atomic mass is 10.1. The van der Waals surface area contributed by atoms with Crippen LogP contribution in [0.4, 0.5) is 0 Å². The van der Waals surface area contributed by atoms with Gasteiger partial charge in [0.05, 0.1) is 19.3 Å². The summed E-state index contributed by atoms with van der Waals surface area (Å²) in [6.45, 7) is 6.17. The third-order valence-corrected chi connectivity index (χ3v) is 6.18. The third-order valence-electron chi connectivity index (χ3n) is 5.16. The van der Waals surface area contributed by atoms with Gasteiger partial charge in [-0.15, -0.1) is 11.3 Å². The van der Waals surface area contributed by atoms with Crippen LogP contribution >= 0.6 is 11.3 Å². The van der Waals surface area contributed by atoms with Gasteiger partial charge in [-0.25, -0.2) is 0 Å². The highest BCUT2D eigenvalue weighted by molar-refractivity contribution is 7.10. The molecule has 1 saturated heterocycles. The molecule has 0 bridgehead atoms. The lowest BCUT2D eigenvalue weighted by Gasteiger charge is -2.30. The number of aromatic nitrogens is 2. The number of carbonyl (C=O) groups excluding carboxylic acids is 1. The van der Waals surface area contributed by atoms with Crippen molar-refractivity contribution < 1.29 is 4.79 Å². The van der Waals surface area contributed by atoms with Gasteiger partial charge < -0.3 is 4.90 Å². The Balaban J connectivity index is 1.36. The molecule has 0 saturated carbocycles. The molecule has 0 aliphatic carbocycles. The van der Waals surface area contributed by atoms with Crippen molar-refractivity contribution in [3.8, 4) is 0 Å². The Morgan fingerprint density at radius 2 is 2.33 bits per heavy atom. The number of thiophene rings is 1. The van der Waals surface area contributed by atoms with Gasteiger partial charge in [-0.2, -0.15) is 5.10 Å². The lowest BCUT2D eigenvalue weighted by molar-refractivity contribution is -0.133. The van der Waals surface area contributed by atoms with Gasteiger partial charge in [0.25, 0.3) is 0 Å². The van der Waals surface area contributed by atoms with Crippen LogP contribution in [0, 0.1) is 6.92 Å². The van der Waals surface area contributed by atoms with Gasteiger partial charge in [0, 0.05) is 30.2 Å². The second kappa shape index (κ2) is 6.69. The summed E-state index contributed by atoms with van der Waals surface area (Å²) in [5.41, 5.74) is 2.53. The predicted octanol–water partition coefficient (Wildman–Crippen LogP) is 2.30. The quantitative estimate of drug-likeness (QED) is 0.855. The molecule has 5 nitrogen and oxygen atoms in total. The van der Waals surface area contributed by atoms with Gasteiger partial charge >= 0.3 is 0 Å². The minimum Gasteiger partial charge on any atom is -0.337 e. The van der Waals surface area contributed by atoms with E-state index in [-0.39, 0.29) is 5.91 Å². The minimum atomic E-state index is 0.274. The van der Waals surface area contributed by atoms with Crippen molar-refractivity contribution in [2.24, 2.45) is 0 Å². The fraction of sp³-hybridized carbons (Fsp3) is 0.556. The first-order valence-electron chi connectivity index (χ1n) is 8.75. The Morgan fingerprint density at radius 3 is 3.17 bits per heavy atom. The molecule has 0 radical (unpaired) electrons. The van der Waals surface area contributed by atoms with Crippen LogP contribution in [0.1, 0.15) is 28.8 Å². The van der Waals surface area contributed by atoms with Crippen molar-refractivity contribution in [1.82, 2.24) is 19.6 Å². The van der Waals surface area contributed by atoms with E-state index < -0.39 is 0 Å². The summed E-state index contributed by atoms with van der Waals surface area (Å²) in [7, 11) is 0. The third kappa shape index (κ3) is 3.26. The fourth-order valence-electron chi connectivity index (χ4n) is 3.83. The monoisotopic (exact) mass is 344 g/mol. The molecule has 4 rings (SSSR count). The van der Waals surface area contributed by atoms with Crippen LogP contribution < -0.4 is 0 Å². The molecule has 0 unspecified atom stereocenters. The number of hydrogen-bond donors (Lipinski definition) is 0. The molecule has 2 aromatic rings. The largest absolute Gasteiger partial charge is 0.337 e. The average molecular weight is 344 g/mol. The number of fused-ring (bicyclic) bond motifs is 1. The van der Waals surface area contributed by atoms with Gasteiger partial charge in [0.2, 0.25) is 5.91 Å². The molecule has 4 heterocycles. The molecule has 6 heteroatoms. The predicted molar refractivity (Wildman–Crippen MR) is 95.0 cm³/mol. The Kier molecular flexibility index (Phi) is 4.41. The number of hydrogen-bond acceptors (Lipinski definition) is 4. The normalized spacial score (nSPS) is 21.2. The minimum absolute atomic E-state index is 0.274. The summed E-state index contributed by atoms with van der Waals surface area (Å²) < 4.78 is 2.02. The van der Waals surface area contributed by atoms with Crippen molar-refractivity contribution in [2.75, 3.05) is 19.6 Å². The molecule has 0 N–H and O–H groups in total. The first-order valence-corrected chi connectivity index (χ1v) is 9.63. The highest BCUT2D eigenvalue weighted by Crippen LogP contribution is 2.25. The highest BCUT2D eigenvalue weighted by atomic mass is 32.1. The molecule has 24 heavy (non-hydrogen) atoms. The Labute approximate surface area is 146 Å². The lowest BCUT2D eigenvalue weighted by Crippen LogP contribution is -2.44. The molecule has 2 aromatic heterocycles. The van der Waals surface area contributed by atoms with Gasteiger partial charge in [-0.05, 0) is 55.3 Å². The molecule has 0 aromatic carbocycles. The standard InChI is InChI=1S/C18H24N4OS/c1-14-9-19-22(10-14)12-16-3-2-6-20(16)13-18(23)21-7-4-17-15(11-21)5-8-24-17/h5,8-10,16H,2-4,6-7,11-13H2,1H3/t16-/m0/s1. The van der Waals surface area contributed by atoms with Crippen molar-refractivity contribution in [3.63, 3.8) is 0 Å². The average Bonchev–Trinajstić information content (AvgIpc) is 3.29. The van der Waals surface area contributed by atoms with Crippen LogP contribution in [0.3, 0.4) is 0 Å². The molecule has 1 fully saturated rings. The highest BCUT2D eigenvalue weighted by Gasteiger charge is 2.29. The topological polar surface area (TPSA) is 41.4 Å². The number of likely N-dealkylation sites (tertiary alicyclic amines) is 1. The van der Waals surface area contributed by atoms with Crippen LogP contribution in [-0.2, 0) is 24.3 Å². The second-order valence-electron chi connectivity index (χ2n) is 6.94. The molecule has 0 spiro atoms. The first kappa shape index (κ1) is 15.8. The second-order valence-corrected chi connectivity index (χ2v) is 7.94.